The van der Waals surface area contributed by atoms with Crippen LogP contribution in [0.3, 0.4) is 0 Å². The minimum absolute atomic E-state index is 0.0922. The molecule has 144 valence electrons. The zero-order chi connectivity index (χ0) is 19.6. The normalized spacial score (nSPS) is 17.7. The molecule has 27 heavy (non-hydrogen) atoms. The highest BCUT2D eigenvalue weighted by atomic mass is 32.2. The summed E-state index contributed by atoms with van der Waals surface area (Å²) in [6.45, 7) is 6.50. The van der Waals surface area contributed by atoms with Crippen LogP contribution in [0.5, 0.6) is 11.5 Å². The van der Waals surface area contributed by atoms with Crippen molar-refractivity contribution in [3.05, 3.63) is 28.7 Å². The van der Waals surface area contributed by atoms with Crippen molar-refractivity contribution in [3.63, 3.8) is 0 Å². The lowest BCUT2D eigenvalue weighted by Gasteiger charge is -2.18. The molecule has 2 aliphatic rings. The Labute approximate surface area is 162 Å². The van der Waals surface area contributed by atoms with Gasteiger partial charge in [-0.1, -0.05) is 26.8 Å². The lowest BCUT2D eigenvalue weighted by atomic mass is 9.92. The van der Waals surface area contributed by atoms with Gasteiger partial charge in [0, 0.05) is 19.5 Å². The minimum Gasteiger partial charge on any atom is -0.454 e. The van der Waals surface area contributed by atoms with Gasteiger partial charge in [-0.2, -0.15) is 0 Å². The molecule has 0 atom stereocenters. The Morgan fingerprint density at radius 2 is 2.00 bits per heavy atom. The van der Waals surface area contributed by atoms with Crippen molar-refractivity contribution < 1.29 is 23.9 Å². The fourth-order valence-electron chi connectivity index (χ4n) is 2.70. The zero-order valence-electron chi connectivity index (χ0n) is 15.5. The van der Waals surface area contributed by atoms with Crippen LogP contribution in [-0.2, 0) is 9.59 Å². The molecule has 0 bridgehead atoms. The van der Waals surface area contributed by atoms with Crippen LogP contribution in [0, 0.1) is 5.41 Å². The van der Waals surface area contributed by atoms with E-state index in [1.165, 1.54) is 0 Å². The molecule has 0 spiro atoms. The summed E-state index contributed by atoms with van der Waals surface area (Å²) in [5.41, 5.74) is 0.642. The van der Waals surface area contributed by atoms with E-state index in [0.29, 0.717) is 22.8 Å². The maximum atomic E-state index is 12.5. The third-order valence-corrected chi connectivity index (χ3v) is 4.82. The van der Waals surface area contributed by atoms with E-state index in [9.17, 15) is 14.4 Å². The first-order chi connectivity index (χ1) is 12.7. The summed E-state index contributed by atoms with van der Waals surface area (Å²) in [5, 5.41) is 2.42. The molecule has 1 fully saturated rings. The van der Waals surface area contributed by atoms with Crippen molar-refractivity contribution in [1.29, 1.82) is 0 Å². The Hall–Kier alpha value is -2.48. The number of ether oxygens (including phenoxy) is 2. The summed E-state index contributed by atoms with van der Waals surface area (Å²) in [6.07, 6.45) is 2.05. The van der Waals surface area contributed by atoms with Gasteiger partial charge in [-0.25, -0.2) is 0 Å². The van der Waals surface area contributed by atoms with Crippen molar-refractivity contribution in [2.75, 3.05) is 19.9 Å². The number of imide groups is 1. The number of carbonyl (C=O) groups is 3. The first-order valence-corrected chi connectivity index (χ1v) is 9.46. The van der Waals surface area contributed by atoms with Crippen LogP contribution >= 0.6 is 11.8 Å². The second-order valence-corrected chi connectivity index (χ2v) is 8.53. The molecule has 8 heteroatoms. The van der Waals surface area contributed by atoms with E-state index < -0.39 is 0 Å². The lowest BCUT2D eigenvalue weighted by Crippen LogP contribution is -2.38. The van der Waals surface area contributed by atoms with Crippen molar-refractivity contribution in [2.45, 2.75) is 27.2 Å². The number of nitrogens with one attached hydrogen (secondary N) is 1. The van der Waals surface area contributed by atoms with Crippen LogP contribution in [0.1, 0.15) is 32.8 Å². The van der Waals surface area contributed by atoms with Gasteiger partial charge in [0.15, 0.2) is 11.5 Å². The molecular formula is C19H22N2O5S. The summed E-state index contributed by atoms with van der Waals surface area (Å²) >= 11 is 0.893. The number of rotatable bonds is 5. The van der Waals surface area contributed by atoms with Crippen LogP contribution in [0.25, 0.3) is 6.08 Å². The van der Waals surface area contributed by atoms with Crippen LogP contribution < -0.4 is 14.8 Å². The molecule has 3 amide bonds. The third kappa shape index (κ3) is 4.82. The lowest BCUT2D eigenvalue weighted by molar-refractivity contribution is -0.125. The average Bonchev–Trinajstić information content (AvgIpc) is 3.12. The Morgan fingerprint density at radius 3 is 2.74 bits per heavy atom. The smallest absolute Gasteiger partial charge is 0.293 e. The molecular weight excluding hydrogens is 368 g/mol. The molecule has 1 saturated heterocycles. The van der Waals surface area contributed by atoms with Crippen LogP contribution in [0.15, 0.2) is 23.1 Å². The quantitative estimate of drug-likeness (QED) is 0.778. The van der Waals surface area contributed by atoms with E-state index in [2.05, 4.69) is 5.32 Å². The molecule has 0 aliphatic carbocycles. The SMILES string of the molecule is CC(C)(C)CC(=O)NCCN1C(=O)S/C(=C\c2ccc3c(c2)OCO3)C1=O. The van der Waals surface area contributed by atoms with E-state index in [1.54, 1.807) is 24.3 Å². The molecule has 0 radical (unpaired) electrons. The van der Waals surface area contributed by atoms with E-state index >= 15 is 0 Å². The van der Waals surface area contributed by atoms with Crippen molar-refractivity contribution in [2.24, 2.45) is 5.41 Å². The van der Waals surface area contributed by atoms with E-state index in [4.69, 9.17) is 9.47 Å². The standard InChI is InChI=1S/C19H22N2O5S/c1-19(2,3)10-16(22)20-6-7-21-17(23)15(27-18(21)24)9-12-4-5-13-14(8-12)26-11-25-13/h4-5,8-9H,6-7,10-11H2,1-3H3,(H,20,22)/b15-9-. The maximum absolute atomic E-state index is 12.5. The number of amides is 3. The predicted octanol–water partition coefficient (Wildman–Crippen LogP) is 3.00. The van der Waals surface area contributed by atoms with E-state index in [1.807, 2.05) is 20.8 Å². The molecule has 1 N–H and O–H groups in total. The van der Waals surface area contributed by atoms with Gasteiger partial charge in [-0.05, 0) is 40.9 Å². The number of carbonyl (C=O) groups excluding carboxylic acids is 3. The number of thioether (sulfide) groups is 1. The van der Waals surface area contributed by atoms with Crippen LogP contribution in [0.4, 0.5) is 4.79 Å². The Balaban J connectivity index is 1.59. The second kappa shape index (κ2) is 7.64. The zero-order valence-corrected chi connectivity index (χ0v) is 16.4. The minimum atomic E-state index is -0.354. The highest BCUT2D eigenvalue weighted by Crippen LogP contribution is 2.36. The Kier molecular flexibility index (Phi) is 5.46. The highest BCUT2D eigenvalue weighted by Gasteiger charge is 2.34. The molecule has 2 aliphatic heterocycles. The summed E-state index contributed by atoms with van der Waals surface area (Å²) in [4.78, 5) is 38.0. The number of fused-ring (bicyclic) bond motifs is 1. The van der Waals surface area contributed by atoms with Gasteiger partial charge >= 0.3 is 0 Å². The third-order valence-electron chi connectivity index (χ3n) is 3.92. The Bertz CT molecular complexity index is 813. The topological polar surface area (TPSA) is 84.9 Å². The van der Waals surface area contributed by atoms with Crippen molar-refractivity contribution in [3.8, 4) is 11.5 Å². The molecule has 0 unspecified atom stereocenters. The molecule has 7 nitrogen and oxygen atoms in total. The molecule has 0 saturated carbocycles. The van der Waals surface area contributed by atoms with Gasteiger partial charge in [0.2, 0.25) is 12.7 Å². The molecule has 2 heterocycles. The van der Waals surface area contributed by atoms with Crippen molar-refractivity contribution in [1.82, 2.24) is 10.2 Å². The van der Waals surface area contributed by atoms with Gasteiger partial charge in [0.1, 0.15) is 0 Å². The summed E-state index contributed by atoms with van der Waals surface area (Å²) < 4.78 is 10.6. The second-order valence-electron chi connectivity index (χ2n) is 7.53. The van der Waals surface area contributed by atoms with Gasteiger partial charge in [-0.15, -0.1) is 0 Å². The average molecular weight is 390 g/mol. The van der Waals surface area contributed by atoms with E-state index in [0.717, 1.165) is 22.2 Å². The fraction of sp³-hybridized carbons (Fsp3) is 0.421. The number of nitrogens with zero attached hydrogens (tertiary/aromatic N) is 1. The van der Waals surface area contributed by atoms with Gasteiger partial charge in [-0.3, -0.25) is 19.3 Å². The van der Waals surface area contributed by atoms with Crippen LogP contribution in [-0.4, -0.2) is 41.8 Å². The monoisotopic (exact) mass is 390 g/mol. The van der Waals surface area contributed by atoms with Crippen molar-refractivity contribution >= 4 is 34.9 Å². The summed E-state index contributed by atoms with van der Waals surface area (Å²) in [6, 6.07) is 5.33. The summed E-state index contributed by atoms with van der Waals surface area (Å²) in [5.74, 6) is 0.828. The summed E-state index contributed by atoms with van der Waals surface area (Å²) in [7, 11) is 0. The molecule has 1 aromatic rings. The molecule has 1 aromatic carbocycles. The van der Waals surface area contributed by atoms with Gasteiger partial charge in [0.05, 0.1) is 4.91 Å². The largest absolute Gasteiger partial charge is 0.454 e. The first kappa shape index (κ1) is 19.3. The molecule has 0 aromatic heterocycles. The fourth-order valence-corrected chi connectivity index (χ4v) is 3.56. The molecule has 3 rings (SSSR count). The van der Waals surface area contributed by atoms with Gasteiger partial charge < -0.3 is 14.8 Å². The number of benzene rings is 1. The van der Waals surface area contributed by atoms with E-state index in [-0.39, 0.29) is 42.4 Å². The predicted molar refractivity (Wildman–Crippen MR) is 102 cm³/mol. The van der Waals surface area contributed by atoms with Gasteiger partial charge in [0.25, 0.3) is 11.1 Å². The Morgan fingerprint density at radius 1 is 1.26 bits per heavy atom. The number of hydrogen-bond donors (Lipinski definition) is 1. The van der Waals surface area contributed by atoms with Crippen LogP contribution in [0.2, 0.25) is 0 Å². The first-order valence-electron chi connectivity index (χ1n) is 8.65. The number of hydrogen-bond acceptors (Lipinski definition) is 6. The maximum Gasteiger partial charge on any atom is 0.293 e. The highest BCUT2D eigenvalue weighted by molar-refractivity contribution is 8.18.